The maximum atomic E-state index is 13.8. The number of anilines is 1. The molecule has 1 aliphatic heterocycles. The van der Waals surface area contributed by atoms with Crippen molar-refractivity contribution in [2.75, 3.05) is 43.4 Å². The minimum absolute atomic E-state index is 0.162. The van der Waals surface area contributed by atoms with E-state index in [0.717, 1.165) is 26.2 Å². The second-order valence-electron chi connectivity index (χ2n) is 6.02. The zero-order valence-corrected chi connectivity index (χ0v) is 14.5. The molecule has 0 radical (unpaired) electrons. The maximum absolute atomic E-state index is 13.8. The zero-order valence-electron chi connectivity index (χ0n) is 13.6. The largest absolute Gasteiger partial charge is 0.391 e. The fraction of sp³-hybridized carbons (Fsp3) is 0.368. The highest BCUT2D eigenvalue weighted by atomic mass is 32.2. The third-order valence-corrected chi connectivity index (χ3v) is 5.38. The quantitative estimate of drug-likeness (QED) is 0.813. The van der Waals surface area contributed by atoms with Gasteiger partial charge in [0.05, 0.1) is 11.8 Å². The Labute approximate surface area is 147 Å². The Hall–Kier alpha value is -1.56. The van der Waals surface area contributed by atoms with Gasteiger partial charge in [0.25, 0.3) is 0 Å². The number of para-hydroxylation sites is 1. The second kappa shape index (κ2) is 8.51. The van der Waals surface area contributed by atoms with Crippen molar-refractivity contribution in [2.45, 2.75) is 11.0 Å². The summed E-state index contributed by atoms with van der Waals surface area (Å²) >= 11 is 1.68. The van der Waals surface area contributed by atoms with Crippen LogP contribution in [0.25, 0.3) is 0 Å². The normalized spacial score (nSPS) is 17.0. The van der Waals surface area contributed by atoms with Crippen LogP contribution in [0.1, 0.15) is 0 Å². The molecule has 0 unspecified atom stereocenters. The van der Waals surface area contributed by atoms with Gasteiger partial charge in [-0.1, -0.05) is 30.3 Å². The molecule has 1 atom stereocenters. The highest BCUT2D eigenvalue weighted by molar-refractivity contribution is 7.99. The van der Waals surface area contributed by atoms with Crippen LogP contribution in [0.3, 0.4) is 0 Å². The minimum Gasteiger partial charge on any atom is -0.391 e. The van der Waals surface area contributed by atoms with E-state index < -0.39 is 0 Å². The summed E-state index contributed by atoms with van der Waals surface area (Å²) in [5.74, 6) is 0.530. The van der Waals surface area contributed by atoms with Gasteiger partial charge >= 0.3 is 0 Å². The van der Waals surface area contributed by atoms with E-state index in [1.807, 2.05) is 30.3 Å². The summed E-state index contributed by atoms with van der Waals surface area (Å²) in [5.41, 5.74) is 0.678. The fourth-order valence-corrected chi connectivity index (χ4v) is 3.78. The Kier molecular flexibility index (Phi) is 6.12. The van der Waals surface area contributed by atoms with E-state index in [0.29, 0.717) is 18.0 Å². The van der Waals surface area contributed by atoms with E-state index in [1.165, 1.54) is 11.0 Å². The molecule has 1 N–H and O–H groups in total. The summed E-state index contributed by atoms with van der Waals surface area (Å²) in [6.07, 6.45) is -0.352. The first kappa shape index (κ1) is 17.3. The number of halogens is 1. The Morgan fingerprint density at radius 1 is 0.958 bits per heavy atom. The standard InChI is InChI=1S/C19H23FN2OS/c20-18-8-4-5-9-19(18)22-12-10-21(11-13-22)14-16(23)15-24-17-6-2-1-3-7-17/h1-9,16,23H,10-15H2/t16-/m1/s1. The Morgan fingerprint density at radius 2 is 1.62 bits per heavy atom. The first-order valence-corrected chi connectivity index (χ1v) is 9.28. The third kappa shape index (κ3) is 4.72. The van der Waals surface area contributed by atoms with Crippen molar-refractivity contribution in [1.82, 2.24) is 4.90 Å². The van der Waals surface area contributed by atoms with Crippen molar-refractivity contribution in [1.29, 1.82) is 0 Å². The van der Waals surface area contributed by atoms with Crippen molar-refractivity contribution in [3.05, 3.63) is 60.4 Å². The predicted molar refractivity (Wildman–Crippen MR) is 98.2 cm³/mol. The van der Waals surface area contributed by atoms with Gasteiger partial charge in [0, 0.05) is 43.4 Å². The van der Waals surface area contributed by atoms with E-state index in [4.69, 9.17) is 0 Å². The highest BCUT2D eigenvalue weighted by Gasteiger charge is 2.21. The first-order chi connectivity index (χ1) is 11.7. The van der Waals surface area contributed by atoms with Crippen molar-refractivity contribution in [3.63, 3.8) is 0 Å². The van der Waals surface area contributed by atoms with Crippen LogP contribution in [-0.4, -0.2) is 54.6 Å². The Bertz CT molecular complexity index is 632. The molecule has 3 nitrogen and oxygen atoms in total. The Morgan fingerprint density at radius 3 is 2.33 bits per heavy atom. The molecule has 1 saturated heterocycles. The van der Waals surface area contributed by atoms with Crippen LogP contribution in [0.15, 0.2) is 59.5 Å². The number of thioether (sulfide) groups is 1. The minimum atomic E-state index is -0.352. The number of hydrogen-bond donors (Lipinski definition) is 1. The molecular weight excluding hydrogens is 323 g/mol. The molecule has 0 aromatic heterocycles. The van der Waals surface area contributed by atoms with Gasteiger partial charge in [-0.15, -0.1) is 11.8 Å². The molecule has 2 aromatic carbocycles. The van der Waals surface area contributed by atoms with Gasteiger partial charge in [0.2, 0.25) is 0 Å². The smallest absolute Gasteiger partial charge is 0.146 e. The lowest BCUT2D eigenvalue weighted by Gasteiger charge is -2.37. The number of benzene rings is 2. The fourth-order valence-electron chi connectivity index (χ4n) is 2.94. The Balaban J connectivity index is 1.43. The summed E-state index contributed by atoms with van der Waals surface area (Å²) in [4.78, 5) is 5.52. The molecule has 24 heavy (non-hydrogen) atoms. The number of aliphatic hydroxyl groups excluding tert-OH is 1. The highest BCUT2D eigenvalue weighted by Crippen LogP contribution is 2.21. The van der Waals surface area contributed by atoms with E-state index in [9.17, 15) is 9.50 Å². The number of aliphatic hydroxyl groups is 1. The lowest BCUT2D eigenvalue weighted by Crippen LogP contribution is -2.49. The SMILES string of the molecule is O[C@@H](CSc1ccccc1)CN1CCN(c2ccccc2F)CC1. The van der Waals surface area contributed by atoms with Crippen LogP contribution in [0.2, 0.25) is 0 Å². The summed E-state index contributed by atoms with van der Waals surface area (Å²) in [7, 11) is 0. The molecule has 0 aliphatic carbocycles. The van der Waals surface area contributed by atoms with Crippen LogP contribution in [0.5, 0.6) is 0 Å². The number of β-amino-alcohol motifs (C(OH)–C–C–N with tert-alkyl or cyclic N) is 1. The molecule has 0 amide bonds. The van der Waals surface area contributed by atoms with E-state index in [-0.39, 0.29) is 11.9 Å². The topological polar surface area (TPSA) is 26.7 Å². The molecular formula is C19H23FN2OS. The van der Waals surface area contributed by atoms with Crippen molar-refractivity contribution < 1.29 is 9.50 Å². The van der Waals surface area contributed by atoms with Crippen molar-refractivity contribution in [3.8, 4) is 0 Å². The summed E-state index contributed by atoms with van der Waals surface area (Å²) in [6, 6.07) is 17.1. The number of nitrogens with zero attached hydrogens (tertiary/aromatic N) is 2. The molecule has 5 heteroatoms. The van der Waals surface area contributed by atoms with Gasteiger partial charge in [-0.3, -0.25) is 4.90 Å². The maximum Gasteiger partial charge on any atom is 0.146 e. The van der Waals surface area contributed by atoms with Crippen LogP contribution < -0.4 is 4.90 Å². The van der Waals surface area contributed by atoms with Crippen LogP contribution >= 0.6 is 11.8 Å². The number of rotatable bonds is 6. The van der Waals surface area contributed by atoms with Gasteiger partial charge in [-0.25, -0.2) is 4.39 Å². The van der Waals surface area contributed by atoms with Crippen LogP contribution in [0.4, 0.5) is 10.1 Å². The second-order valence-corrected chi connectivity index (χ2v) is 7.11. The molecule has 0 bridgehead atoms. The molecule has 1 fully saturated rings. The lowest BCUT2D eigenvalue weighted by atomic mass is 10.2. The van der Waals surface area contributed by atoms with E-state index in [1.54, 1.807) is 17.8 Å². The third-order valence-electron chi connectivity index (χ3n) is 4.22. The van der Waals surface area contributed by atoms with Gasteiger partial charge in [-0.05, 0) is 24.3 Å². The van der Waals surface area contributed by atoms with Gasteiger partial charge in [-0.2, -0.15) is 0 Å². The molecule has 128 valence electrons. The van der Waals surface area contributed by atoms with Crippen molar-refractivity contribution in [2.24, 2.45) is 0 Å². The molecule has 1 heterocycles. The predicted octanol–water partition coefficient (Wildman–Crippen LogP) is 3.10. The monoisotopic (exact) mass is 346 g/mol. The van der Waals surface area contributed by atoms with Crippen molar-refractivity contribution >= 4 is 17.4 Å². The van der Waals surface area contributed by atoms with Gasteiger partial charge in [0.1, 0.15) is 5.82 Å². The molecule has 2 aromatic rings. The zero-order chi connectivity index (χ0) is 16.8. The lowest BCUT2D eigenvalue weighted by molar-refractivity contribution is 0.126. The molecule has 0 saturated carbocycles. The van der Waals surface area contributed by atoms with Crippen LogP contribution in [-0.2, 0) is 0 Å². The van der Waals surface area contributed by atoms with Crippen LogP contribution in [0, 0.1) is 5.82 Å². The first-order valence-electron chi connectivity index (χ1n) is 8.30. The molecule has 1 aliphatic rings. The van der Waals surface area contributed by atoms with E-state index >= 15 is 0 Å². The van der Waals surface area contributed by atoms with Gasteiger partial charge < -0.3 is 10.0 Å². The number of hydrogen-bond acceptors (Lipinski definition) is 4. The summed E-state index contributed by atoms with van der Waals surface area (Å²) in [5, 5.41) is 10.3. The summed E-state index contributed by atoms with van der Waals surface area (Å²) < 4.78 is 13.8. The average molecular weight is 346 g/mol. The average Bonchev–Trinajstić information content (AvgIpc) is 2.62. The van der Waals surface area contributed by atoms with E-state index in [2.05, 4.69) is 21.9 Å². The summed E-state index contributed by atoms with van der Waals surface area (Å²) in [6.45, 7) is 3.95. The number of piperazine rings is 1. The molecule has 3 rings (SSSR count). The van der Waals surface area contributed by atoms with Gasteiger partial charge in [0.15, 0.2) is 0 Å². The molecule has 0 spiro atoms.